The maximum absolute atomic E-state index is 12.1. The van der Waals surface area contributed by atoms with Crippen LogP contribution in [-0.2, 0) is 9.63 Å². The highest BCUT2D eigenvalue weighted by Gasteiger charge is 2.46. The maximum atomic E-state index is 12.1. The van der Waals surface area contributed by atoms with Crippen molar-refractivity contribution in [3.63, 3.8) is 0 Å². The molecule has 3 amide bonds. The van der Waals surface area contributed by atoms with E-state index in [0.717, 1.165) is 18.4 Å². The second kappa shape index (κ2) is 4.50. The van der Waals surface area contributed by atoms with Crippen molar-refractivity contribution in [2.45, 2.75) is 31.8 Å². The minimum atomic E-state index is -0.694. The Bertz CT molecular complexity index is 446. The lowest BCUT2D eigenvalue weighted by Gasteiger charge is -2.28. The van der Waals surface area contributed by atoms with Crippen molar-refractivity contribution in [1.29, 1.82) is 0 Å². The highest BCUT2D eigenvalue weighted by Crippen LogP contribution is 2.29. The summed E-state index contributed by atoms with van der Waals surface area (Å²) >= 11 is 0. The predicted octanol–water partition coefficient (Wildman–Crippen LogP) is 0.268. The molecule has 2 heterocycles. The third-order valence-corrected chi connectivity index (χ3v) is 3.77. The molecule has 1 saturated heterocycles. The molecule has 0 radical (unpaired) electrons. The lowest BCUT2D eigenvalue weighted by molar-refractivity contribution is -0.137. The Kier molecular flexibility index (Phi) is 2.94. The second-order valence-corrected chi connectivity index (χ2v) is 5.38. The second-order valence-electron chi connectivity index (χ2n) is 5.38. The molecule has 3 rings (SSSR count). The van der Waals surface area contributed by atoms with Crippen LogP contribution in [0.15, 0.2) is 11.6 Å². The van der Waals surface area contributed by atoms with Gasteiger partial charge in [0.1, 0.15) is 6.04 Å². The standard InChI is InChI=1S/C12H17N3O4/c1-7-4-9-5-14(12(17)15(9)18)10(7)11(16)13-19-6-8-2-3-8/h4,8-10,18H,2-3,5-6H2,1H3,(H,13,16). The Morgan fingerprint density at radius 1 is 1.58 bits per heavy atom. The van der Waals surface area contributed by atoms with Crippen LogP contribution in [0.4, 0.5) is 4.79 Å². The first-order chi connectivity index (χ1) is 9.08. The van der Waals surface area contributed by atoms with Crippen LogP contribution in [0.5, 0.6) is 0 Å². The van der Waals surface area contributed by atoms with Crippen molar-refractivity contribution in [2.75, 3.05) is 13.2 Å². The summed E-state index contributed by atoms with van der Waals surface area (Å²) in [5.41, 5.74) is 3.14. The number of urea groups is 1. The smallest absolute Gasteiger partial charge is 0.304 e. The van der Waals surface area contributed by atoms with Crippen LogP contribution in [0.3, 0.4) is 0 Å². The number of carbonyl (C=O) groups excluding carboxylic acids is 2. The summed E-state index contributed by atoms with van der Waals surface area (Å²) in [4.78, 5) is 30.4. The monoisotopic (exact) mass is 267 g/mol. The summed E-state index contributed by atoms with van der Waals surface area (Å²) in [6.45, 7) is 2.62. The van der Waals surface area contributed by atoms with E-state index in [-0.39, 0.29) is 11.9 Å². The van der Waals surface area contributed by atoms with E-state index < -0.39 is 12.1 Å². The van der Waals surface area contributed by atoms with Crippen molar-refractivity contribution in [3.8, 4) is 0 Å². The van der Waals surface area contributed by atoms with Gasteiger partial charge >= 0.3 is 6.03 Å². The molecule has 2 aliphatic heterocycles. The van der Waals surface area contributed by atoms with E-state index in [1.807, 2.05) is 0 Å². The normalized spacial score (nSPS) is 29.6. The van der Waals surface area contributed by atoms with Gasteiger partial charge in [0.05, 0.1) is 19.2 Å². The molecule has 19 heavy (non-hydrogen) atoms. The van der Waals surface area contributed by atoms with E-state index in [9.17, 15) is 14.8 Å². The van der Waals surface area contributed by atoms with Crippen molar-refractivity contribution < 1.29 is 19.6 Å². The maximum Gasteiger partial charge on any atom is 0.345 e. The third-order valence-electron chi connectivity index (χ3n) is 3.77. The fourth-order valence-electron chi connectivity index (χ4n) is 2.53. The van der Waals surface area contributed by atoms with Gasteiger partial charge in [-0.15, -0.1) is 0 Å². The lowest BCUT2D eigenvalue weighted by atomic mass is 10.0. The molecule has 0 spiro atoms. The van der Waals surface area contributed by atoms with E-state index in [2.05, 4.69) is 5.48 Å². The number of amides is 3. The van der Waals surface area contributed by atoms with Crippen LogP contribution in [-0.4, -0.2) is 52.3 Å². The molecular weight excluding hydrogens is 250 g/mol. The van der Waals surface area contributed by atoms with Gasteiger partial charge in [-0.2, -0.15) is 5.06 Å². The van der Waals surface area contributed by atoms with E-state index in [4.69, 9.17) is 4.84 Å². The number of nitrogens with zero attached hydrogens (tertiary/aromatic N) is 2. The van der Waals surface area contributed by atoms with Crippen LogP contribution < -0.4 is 5.48 Å². The van der Waals surface area contributed by atoms with Crippen LogP contribution >= 0.6 is 0 Å². The van der Waals surface area contributed by atoms with Gasteiger partial charge in [0, 0.05) is 0 Å². The summed E-state index contributed by atoms with van der Waals surface area (Å²) < 4.78 is 0. The van der Waals surface area contributed by atoms with Crippen LogP contribution in [0.2, 0.25) is 0 Å². The van der Waals surface area contributed by atoms with E-state index in [1.54, 1.807) is 13.0 Å². The molecule has 2 N–H and O–H groups in total. The van der Waals surface area contributed by atoms with Crippen molar-refractivity contribution in [1.82, 2.24) is 15.4 Å². The van der Waals surface area contributed by atoms with Gasteiger partial charge in [-0.1, -0.05) is 6.08 Å². The Labute approximate surface area is 110 Å². The minimum Gasteiger partial charge on any atom is -0.304 e. The van der Waals surface area contributed by atoms with Gasteiger partial charge in [-0.05, 0) is 31.3 Å². The fourth-order valence-corrected chi connectivity index (χ4v) is 2.53. The molecule has 7 nitrogen and oxygen atoms in total. The lowest BCUT2D eigenvalue weighted by Crippen LogP contribution is -2.50. The largest absolute Gasteiger partial charge is 0.345 e. The SMILES string of the molecule is CC1=CC2CN(C(=O)N2O)C1C(=O)NOCC1CC1. The van der Waals surface area contributed by atoms with Gasteiger partial charge in [-0.25, -0.2) is 10.3 Å². The molecule has 1 saturated carbocycles. The number of carbonyl (C=O) groups is 2. The van der Waals surface area contributed by atoms with Gasteiger partial charge in [-0.3, -0.25) is 14.8 Å². The zero-order valence-corrected chi connectivity index (χ0v) is 10.7. The summed E-state index contributed by atoms with van der Waals surface area (Å²) in [5.74, 6) is 0.186. The minimum absolute atomic E-state index is 0.327. The van der Waals surface area contributed by atoms with E-state index in [1.165, 1.54) is 4.90 Å². The number of hydrogen-bond donors (Lipinski definition) is 2. The summed E-state index contributed by atoms with van der Waals surface area (Å²) in [7, 11) is 0. The molecule has 0 aromatic rings. The topological polar surface area (TPSA) is 82.1 Å². The number of fused-ring (bicyclic) bond motifs is 2. The number of hydrogen-bond acceptors (Lipinski definition) is 4. The van der Waals surface area contributed by atoms with Crippen LogP contribution in [0, 0.1) is 5.92 Å². The van der Waals surface area contributed by atoms with E-state index in [0.29, 0.717) is 24.1 Å². The molecule has 2 bridgehead atoms. The zero-order valence-electron chi connectivity index (χ0n) is 10.7. The molecular formula is C12H17N3O4. The Hall–Kier alpha value is -1.60. The molecule has 3 aliphatic rings. The molecule has 0 aromatic carbocycles. The number of rotatable bonds is 4. The molecule has 7 heteroatoms. The third kappa shape index (κ3) is 2.19. The Balaban J connectivity index is 1.65. The van der Waals surface area contributed by atoms with E-state index >= 15 is 0 Å². The highest BCUT2D eigenvalue weighted by atomic mass is 16.7. The summed E-state index contributed by atoms with van der Waals surface area (Å²) in [6, 6.07) is -1.59. The molecule has 2 fully saturated rings. The summed E-state index contributed by atoms with van der Waals surface area (Å²) in [5, 5.41) is 10.2. The Morgan fingerprint density at radius 3 is 3.00 bits per heavy atom. The Morgan fingerprint density at radius 2 is 2.32 bits per heavy atom. The van der Waals surface area contributed by atoms with Gasteiger partial charge in [0.25, 0.3) is 5.91 Å². The van der Waals surface area contributed by atoms with Crippen LogP contribution in [0.25, 0.3) is 0 Å². The van der Waals surface area contributed by atoms with Gasteiger partial charge < -0.3 is 4.90 Å². The average Bonchev–Trinajstić information content (AvgIpc) is 3.16. The predicted molar refractivity (Wildman–Crippen MR) is 63.9 cm³/mol. The van der Waals surface area contributed by atoms with Gasteiger partial charge in [0.2, 0.25) is 0 Å². The van der Waals surface area contributed by atoms with Crippen molar-refractivity contribution >= 4 is 11.9 Å². The van der Waals surface area contributed by atoms with Crippen molar-refractivity contribution in [3.05, 3.63) is 11.6 Å². The highest BCUT2D eigenvalue weighted by molar-refractivity contribution is 5.91. The molecule has 0 aromatic heterocycles. The quantitative estimate of drug-likeness (QED) is 0.435. The number of nitrogens with one attached hydrogen (secondary N) is 1. The first-order valence-corrected chi connectivity index (χ1v) is 6.46. The fraction of sp³-hybridized carbons (Fsp3) is 0.667. The molecule has 1 aliphatic carbocycles. The number of hydroxylamine groups is 3. The molecule has 104 valence electrons. The molecule has 2 atom stereocenters. The average molecular weight is 267 g/mol. The summed E-state index contributed by atoms with van der Waals surface area (Å²) in [6.07, 6.45) is 4.03. The first kappa shape index (κ1) is 12.4. The molecule has 2 unspecified atom stereocenters. The van der Waals surface area contributed by atoms with Gasteiger partial charge in [0.15, 0.2) is 0 Å². The zero-order chi connectivity index (χ0) is 13.6. The van der Waals surface area contributed by atoms with Crippen LogP contribution in [0.1, 0.15) is 19.8 Å². The first-order valence-electron chi connectivity index (χ1n) is 6.46. The van der Waals surface area contributed by atoms with Crippen molar-refractivity contribution in [2.24, 2.45) is 5.92 Å².